The van der Waals surface area contributed by atoms with Crippen molar-refractivity contribution in [3.8, 4) is 11.5 Å². The first-order valence-corrected chi connectivity index (χ1v) is 12.8. The van der Waals surface area contributed by atoms with E-state index in [1.54, 1.807) is 68.4 Å². The van der Waals surface area contributed by atoms with E-state index >= 15 is 0 Å². The molecule has 8 nitrogen and oxygen atoms in total. The van der Waals surface area contributed by atoms with Crippen molar-refractivity contribution in [3.05, 3.63) is 82.3 Å². The Hall–Kier alpha value is -3.88. The fourth-order valence-corrected chi connectivity index (χ4v) is 5.47. The quantitative estimate of drug-likeness (QED) is 0.398. The van der Waals surface area contributed by atoms with Crippen LogP contribution in [0.25, 0.3) is 0 Å². The van der Waals surface area contributed by atoms with E-state index in [4.69, 9.17) is 32.7 Å². The van der Waals surface area contributed by atoms with Crippen molar-refractivity contribution in [1.29, 1.82) is 0 Å². The average molecular weight is 549 g/mol. The lowest BCUT2D eigenvalue weighted by molar-refractivity contribution is -0.122. The summed E-state index contributed by atoms with van der Waals surface area (Å²) in [6.45, 7) is 3.73. The summed E-state index contributed by atoms with van der Waals surface area (Å²) >= 11 is 12.1. The van der Waals surface area contributed by atoms with Gasteiger partial charge in [0, 0.05) is 27.4 Å². The van der Waals surface area contributed by atoms with Crippen LogP contribution < -0.4 is 19.5 Å². The number of amides is 2. The van der Waals surface area contributed by atoms with Crippen LogP contribution in [0.2, 0.25) is 10.0 Å². The van der Waals surface area contributed by atoms with Gasteiger partial charge in [0.05, 0.1) is 23.2 Å². The first kappa shape index (κ1) is 24.5. The van der Waals surface area contributed by atoms with Gasteiger partial charge in [-0.15, -0.1) is 0 Å². The molecule has 1 unspecified atom stereocenters. The molecule has 0 N–H and O–H groups in total. The normalized spacial score (nSPS) is 21.2. The Morgan fingerprint density at radius 1 is 0.737 bits per heavy atom. The van der Waals surface area contributed by atoms with Gasteiger partial charge in [0.2, 0.25) is 6.79 Å². The number of hydrogen-bond acceptors (Lipinski definition) is 6. The molecule has 0 fully saturated rings. The second kappa shape index (κ2) is 9.45. The van der Waals surface area contributed by atoms with E-state index in [2.05, 4.69) is 10.2 Å². The van der Waals surface area contributed by atoms with E-state index in [0.29, 0.717) is 44.3 Å². The summed E-state index contributed by atoms with van der Waals surface area (Å²) in [7, 11) is 0. The lowest BCUT2D eigenvalue weighted by atomic mass is 9.73. The van der Waals surface area contributed by atoms with Crippen molar-refractivity contribution in [3.63, 3.8) is 0 Å². The van der Waals surface area contributed by atoms with Gasteiger partial charge < -0.3 is 9.47 Å². The number of benzene rings is 3. The van der Waals surface area contributed by atoms with E-state index in [1.807, 2.05) is 12.1 Å². The van der Waals surface area contributed by atoms with Crippen LogP contribution in [0, 0.1) is 11.8 Å². The minimum absolute atomic E-state index is 0.115. The van der Waals surface area contributed by atoms with Crippen molar-refractivity contribution in [2.75, 3.05) is 16.8 Å². The fourth-order valence-electron chi connectivity index (χ4n) is 5.22. The number of hydrogen-bond donors (Lipinski definition) is 0. The highest BCUT2D eigenvalue weighted by molar-refractivity contribution is 6.31. The van der Waals surface area contributed by atoms with Crippen molar-refractivity contribution >= 4 is 57.8 Å². The molecule has 192 valence electrons. The predicted octanol–water partition coefficient (Wildman–Crippen LogP) is 5.88. The van der Waals surface area contributed by atoms with Gasteiger partial charge in [-0.05, 0) is 80.1 Å². The molecule has 2 amide bonds. The number of anilines is 2. The Balaban J connectivity index is 1.42. The molecule has 3 aromatic rings. The molecule has 0 saturated heterocycles. The summed E-state index contributed by atoms with van der Waals surface area (Å²) in [5.74, 6) is -1.31. The molecule has 0 radical (unpaired) electrons. The first-order chi connectivity index (χ1) is 18.3. The highest BCUT2D eigenvalue weighted by Gasteiger charge is 2.50. The van der Waals surface area contributed by atoms with Crippen molar-refractivity contribution < 1.29 is 19.1 Å². The summed E-state index contributed by atoms with van der Waals surface area (Å²) in [6, 6.07) is 19.3. The Morgan fingerprint density at radius 2 is 1.21 bits per heavy atom. The molecule has 3 aromatic carbocycles. The van der Waals surface area contributed by atoms with Crippen LogP contribution in [-0.4, -0.2) is 30.0 Å². The molecule has 0 bridgehead atoms. The van der Waals surface area contributed by atoms with Crippen LogP contribution in [0.1, 0.15) is 25.3 Å². The molecule has 3 atom stereocenters. The van der Waals surface area contributed by atoms with Crippen LogP contribution in [0.5, 0.6) is 11.5 Å². The van der Waals surface area contributed by atoms with Crippen LogP contribution in [0.3, 0.4) is 0 Å². The van der Waals surface area contributed by atoms with Gasteiger partial charge in [-0.2, -0.15) is 10.2 Å². The molecule has 0 aliphatic carbocycles. The molecule has 10 heteroatoms. The highest BCUT2D eigenvalue weighted by atomic mass is 35.5. The van der Waals surface area contributed by atoms with E-state index in [9.17, 15) is 9.59 Å². The molecule has 3 aliphatic heterocycles. The van der Waals surface area contributed by atoms with Crippen LogP contribution in [0.4, 0.5) is 11.4 Å². The molecule has 0 saturated carbocycles. The van der Waals surface area contributed by atoms with E-state index in [-0.39, 0.29) is 18.6 Å². The summed E-state index contributed by atoms with van der Waals surface area (Å²) in [4.78, 5) is 27.9. The number of hydrazone groups is 2. The van der Waals surface area contributed by atoms with Gasteiger partial charge in [-0.1, -0.05) is 29.3 Å². The van der Waals surface area contributed by atoms with Crippen LogP contribution in [0.15, 0.2) is 76.9 Å². The lowest BCUT2D eigenvalue weighted by Gasteiger charge is -2.28. The molecule has 3 aliphatic rings. The first-order valence-electron chi connectivity index (χ1n) is 12.0. The van der Waals surface area contributed by atoms with Gasteiger partial charge in [0.1, 0.15) is 0 Å². The molecular weight excluding hydrogens is 527 g/mol. The molecule has 0 aromatic heterocycles. The standard InChI is InChI=1S/C28H22Cl2N4O4/c1-15-24(27(35)33(31-15)20-8-4-18(29)5-9-20)26(17-3-12-22-23(13-17)38-14-37-22)25-16(2)32-34(28(25)36)21-10-6-19(30)7-11-21/h3-13,24-26H,14H2,1-2H3/t24-,25+,26?. The fraction of sp³-hybridized carbons (Fsp3) is 0.214. The number of ether oxygens (including phenoxy) is 2. The molecule has 3 heterocycles. The number of rotatable bonds is 5. The summed E-state index contributed by atoms with van der Waals surface area (Å²) in [6.07, 6.45) is 0. The third-order valence-corrected chi connectivity index (χ3v) is 7.51. The van der Waals surface area contributed by atoms with Crippen molar-refractivity contribution in [1.82, 2.24) is 0 Å². The summed E-state index contributed by atoms with van der Waals surface area (Å²) < 4.78 is 11.1. The zero-order valence-electron chi connectivity index (χ0n) is 20.5. The molecule has 6 rings (SSSR count). The van der Waals surface area contributed by atoms with Gasteiger partial charge in [-0.25, -0.2) is 10.0 Å². The summed E-state index contributed by atoms with van der Waals surface area (Å²) in [5.41, 5.74) is 3.13. The van der Waals surface area contributed by atoms with Crippen LogP contribution >= 0.6 is 23.2 Å². The Kier molecular flexibility index (Phi) is 6.08. The van der Waals surface area contributed by atoms with E-state index < -0.39 is 17.8 Å². The van der Waals surface area contributed by atoms with Crippen molar-refractivity contribution in [2.45, 2.75) is 19.8 Å². The number of carbonyl (C=O) groups is 2. The Bertz CT molecular complexity index is 1420. The smallest absolute Gasteiger partial charge is 0.256 e. The third kappa shape index (κ3) is 4.10. The molecule has 0 spiro atoms. The minimum atomic E-state index is -0.713. The van der Waals surface area contributed by atoms with Crippen LogP contribution in [-0.2, 0) is 9.59 Å². The minimum Gasteiger partial charge on any atom is -0.454 e. The molecule has 38 heavy (non-hydrogen) atoms. The zero-order valence-corrected chi connectivity index (χ0v) is 22.0. The topological polar surface area (TPSA) is 83.8 Å². The maximum atomic E-state index is 14.0. The second-order valence-corrected chi connectivity index (χ2v) is 10.2. The van der Waals surface area contributed by atoms with Gasteiger partial charge in [-0.3, -0.25) is 9.59 Å². The SMILES string of the molecule is CC1=NN(c2ccc(Cl)cc2)C(=O)[C@H]1C(c1ccc2c(c1)OCO2)[C@H]1C(=O)N(c2ccc(Cl)cc2)N=C1C. The number of nitrogens with zero attached hydrogens (tertiary/aromatic N) is 4. The lowest BCUT2D eigenvalue weighted by Crippen LogP contribution is -2.40. The average Bonchev–Trinajstić information content (AvgIpc) is 3.58. The van der Waals surface area contributed by atoms with E-state index in [0.717, 1.165) is 5.56 Å². The number of carbonyl (C=O) groups excluding carboxylic acids is 2. The highest BCUT2D eigenvalue weighted by Crippen LogP contribution is 2.45. The van der Waals surface area contributed by atoms with Crippen molar-refractivity contribution in [2.24, 2.45) is 22.0 Å². The van der Waals surface area contributed by atoms with Gasteiger partial charge in [0.15, 0.2) is 11.5 Å². The summed E-state index contributed by atoms with van der Waals surface area (Å²) in [5, 5.41) is 13.1. The maximum Gasteiger partial charge on any atom is 0.256 e. The third-order valence-electron chi connectivity index (χ3n) is 7.01. The monoisotopic (exact) mass is 548 g/mol. The van der Waals surface area contributed by atoms with E-state index in [1.165, 1.54) is 10.0 Å². The molecular formula is C28H22Cl2N4O4. The van der Waals surface area contributed by atoms with Gasteiger partial charge in [0.25, 0.3) is 11.8 Å². The van der Waals surface area contributed by atoms with Gasteiger partial charge >= 0.3 is 0 Å². The Morgan fingerprint density at radius 3 is 1.71 bits per heavy atom. The number of halogens is 2. The maximum absolute atomic E-state index is 14.0. The predicted molar refractivity (Wildman–Crippen MR) is 146 cm³/mol. The Labute approximate surface area is 229 Å². The zero-order chi connectivity index (χ0) is 26.6. The number of fused-ring (bicyclic) bond motifs is 1. The largest absolute Gasteiger partial charge is 0.454 e. The second-order valence-electron chi connectivity index (χ2n) is 9.33.